The number of rotatable bonds is 5. The van der Waals surface area contributed by atoms with Gasteiger partial charge in [-0.25, -0.2) is 28.1 Å². The maximum Gasteiger partial charge on any atom is 0.336 e. The molecule has 0 aromatic carbocycles. The highest BCUT2D eigenvalue weighted by atomic mass is 16.2. The quantitative estimate of drug-likeness (QED) is 0.828. The van der Waals surface area contributed by atoms with Crippen molar-refractivity contribution in [2.75, 3.05) is 0 Å². The molecule has 126 valence electrons. The van der Waals surface area contributed by atoms with Gasteiger partial charge in [0.2, 0.25) is 0 Å². The zero-order valence-electron chi connectivity index (χ0n) is 14.8. The third-order valence-corrected chi connectivity index (χ3v) is 3.11. The van der Waals surface area contributed by atoms with Crippen LogP contribution in [0.4, 0.5) is 0 Å². The lowest BCUT2D eigenvalue weighted by molar-refractivity contribution is 0.299. The van der Waals surface area contributed by atoms with Crippen molar-refractivity contribution >= 4 is 0 Å². The molecule has 1 aromatic rings. The maximum absolute atomic E-state index is 12.6. The summed E-state index contributed by atoms with van der Waals surface area (Å²) in [5, 5.41) is 0. The fraction of sp³-hybridized carbons (Fsp3) is 0.812. The summed E-state index contributed by atoms with van der Waals surface area (Å²) in [5.74, 6) is 0.303. The van der Waals surface area contributed by atoms with Crippen molar-refractivity contribution < 1.29 is 0 Å². The molecule has 6 heteroatoms. The van der Waals surface area contributed by atoms with Crippen LogP contribution < -0.4 is 17.1 Å². The first-order chi connectivity index (χ1) is 9.94. The van der Waals surface area contributed by atoms with Crippen LogP contribution >= 0.6 is 0 Å². The minimum absolute atomic E-state index is 0.151. The third-order valence-electron chi connectivity index (χ3n) is 3.11. The van der Waals surface area contributed by atoms with Crippen molar-refractivity contribution in [2.24, 2.45) is 17.3 Å². The molecule has 1 rings (SSSR count). The zero-order valence-corrected chi connectivity index (χ0v) is 14.8. The van der Waals surface area contributed by atoms with Gasteiger partial charge in [0, 0.05) is 19.6 Å². The second kappa shape index (κ2) is 6.67. The van der Waals surface area contributed by atoms with Gasteiger partial charge in [-0.2, -0.15) is 0 Å². The summed E-state index contributed by atoms with van der Waals surface area (Å²) >= 11 is 0. The number of hydrogen-bond acceptors (Lipinski definition) is 3. The predicted molar refractivity (Wildman–Crippen MR) is 88.4 cm³/mol. The van der Waals surface area contributed by atoms with Gasteiger partial charge in [-0.3, -0.25) is 0 Å². The van der Waals surface area contributed by atoms with Crippen LogP contribution in [0.5, 0.6) is 0 Å². The van der Waals surface area contributed by atoms with Crippen molar-refractivity contribution in [3.05, 3.63) is 31.5 Å². The maximum atomic E-state index is 12.6. The van der Waals surface area contributed by atoms with E-state index in [-0.39, 0.29) is 17.3 Å². The van der Waals surface area contributed by atoms with Gasteiger partial charge in [-0.15, -0.1) is 0 Å². The lowest BCUT2D eigenvalue weighted by Gasteiger charge is -2.21. The van der Waals surface area contributed by atoms with Crippen LogP contribution in [0.2, 0.25) is 0 Å². The van der Waals surface area contributed by atoms with E-state index in [1.807, 2.05) is 48.5 Å². The monoisotopic (exact) mass is 311 g/mol. The average Bonchev–Trinajstić information content (AvgIpc) is 2.34. The van der Waals surface area contributed by atoms with E-state index in [1.54, 1.807) is 0 Å². The fourth-order valence-electron chi connectivity index (χ4n) is 2.33. The first-order valence-corrected chi connectivity index (χ1v) is 7.88. The number of hydrogen-bond donors (Lipinski definition) is 0. The van der Waals surface area contributed by atoms with Crippen LogP contribution in [0.15, 0.2) is 14.4 Å². The normalized spacial score (nSPS) is 12.4. The van der Waals surface area contributed by atoms with Crippen LogP contribution in [-0.4, -0.2) is 13.7 Å². The molecule has 0 saturated carbocycles. The topological polar surface area (TPSA) is 66.0 Å². The lowest BCUT2D eigenvalue weighted by atomic mass is 9.97. The van der Waals surface area contributed by atoms with Crippen LogP contribution in [0, 0.1) is 17.3 Å². The Hall–Kier alpha value is -1.59. The molecule has 0 saturated heterocycles. The second-order valence-electron chi connectivity index (χ2n) is 8.00. The minimum Gasteiger partial charge on any atom is -0.247 e. The van der Waals surface area contributed by atoms with Crippen LogP contribution in [-0.2, 0) is 19.6 Å². The van der Waals surface area contributed by atoms with Gasteiger partial charge in [0.05, 0.1) is 0 Å². The number of aromatic nitrogens is 3. The van der Waals surface area contributed by atoms with Crippen molar-refractivity contribution in [3.63, 3.8) is 0 Å². The largest absolute Gasteiger partial charge is 0.336 e. The molecule has 0 N–H and O–H groups in total. The summed E-state index contributed by atoms with van der Waals surface area (Å²) < 4.78 is 3.59. The SMILES string of the molecule is CC(C)Cn1c(=O)n(CC(C)C)c(=O)n(CC(C)(C)C)c1=O. The molecule has 0 aliphatic heterocycles. The van der Waals surface area contributed by atoms with Crippen molar-refractivity contribution in [1.29, 1.82) is 0 Å². The third kappa shape index (κ3) is 4.45. The number of nitrogens with zero attached hydrogens (tertiary/aromatic N) is 3. The minimum atomic E-state index is -0.501. The molecule has 0 aliphatic rings. The molecular formula is C16H29N3O3. The second-order valence-corrected chi connectivity index (χ2v) is 8.00. The molecule has 1 heterocycles. The zero-order chi connectivity index (χ0) is 17.2. The van der Waals surface area contributed by atoms with E-state index >= 15 is 0 Å². The Morgan fingerprint density at radius 1 is 0.727 bits per heavy atom. The molecule has 0 aliphatic carbocycles. The van der Waals surface area contributed by atoms with E-state index in [0.717, 1.165) is 0 Å². The van der Waals surface area contributed by atoms with E-state index in [0.29, 0.717) is 19.6 Å². The van der Waals surface area contributed by atoms with Crippen molar-refractivity contribution in [1.82, 2.24) is 13.7 Å². The van der Waals surface area contributed by atoms with Gasteiger partial charge in [0.1, 0.15) is 0 Å². The molecule has 0 radical (unpaired) electrons. The highest BCUT2D eigenvalue weighted by Gasteiger charge is 2.20. The molecular weight excluding hydrogens is 282 g/mol. The molecule has 6 nitrogen and oxygen atoms in total. The predicted octanol–water partition coefficient (Wildman–Crippen LogP) is 1.53. The van der Waals surface area contributed by atoms with E-state index in [9.17, 15) is 14.4 Å². The Labute approximate surface area is 131 Å². The lowest BCUT2D eigenvalue weighted by Crippen LogP contribution is -2.56. The van der Waals surface area contributed by atoms with Crippen molar-refractivity contribution in [3.8, 4) is 0 Å². The van der Waals surface area contributed by atoms with Gasteiger partial charge >= 0.3 is 17.1 Å². The molecule has 0 spiro atoms. The molecule has 0 fully saturated rings. The van der Waals surface area contributed by atoms with Gasteiger partial charge < -0.3 is 0 Å². The first kappa shape index (κ1) is 18.5. The molecule has 0 amide bonds. The Balaban J connectivity index is 3.66. The van der Waals surface area contributed by atoms with Crippen LogP contribution in [0.1, 0.15) is 48.5 Å². The molecule has 1 aromatic heterocycles. The summed E-state index contributed by atoms with van der Waals surface area (Å²) in [5.41, 5.74) is -1.72. The smallest absolute Gasteiger partial charge is 0.247 e. The summed E-state index contributed by atoms with van der Waals surface area (Å²) in [6, 6.07) is 0. The standard InChI is InChI=1S/C16H29N3O3/c1-11(2)8-17-13(20)18(9-12(3)4)15(22)19(14(17)21)10-16(5,6)7/h11-12H,8-10H2,1-7H3. The molecule has 0 bridgehead atoms. The van der Waals surface area contributed by atoms with E-state index < -0.39 is 17.1 Å². The van der Waals surface area contributed by atoms with Gasteiger partial charge in [-0.05, 0) is 17.3 Å². The Morgan fingerprint density at radius 2 is 1.05 bits per heavy atom. The first-order valence-electron chi connectivity index (χ1n) is 7.88. The summed E-state index contributed by atoms with van der Waals surface area (Å²) in [6.45, 7) is 14.6. The molecule has 0 unspecified atom stereocenters. The molecule has 22 heavy (non-hydrogen) atoms. The summed E-state index contributed by atoms with van der Waals surface area (Å²) in [4.78, 5) is 37.7. The van der Waals surface area contributed by atoms with E-state index in [1.165, 1.54) is 13.7 Å². The van der Waals surface area contributed by atoms with Crippen molar-refractivity contribution in [2.45, 2.75) is 68.1 Å². The van der Waals surface area contributed by atoms with E-state index in [2.05, 4.69) is 0 Å². The Morgan fingerprint density at radius 3 is 1.32 bits per heavy atom. The van der Waals surface area contributed by atoms with Gasteiger partial charge in [0.15, 0.2) is 0 Å². The van der Waals surface area contributed by atoms with E-state index in [4.69, 9.17) is 0 Å². The summed E-state index contributed by atoms with van der Waals surface area (Å²) in [6.07, 6.45) is 0. The Kier molecular flexibility index (Phi) is 5.59. The average molecular weight is 311 g/mol. The van der Waals surface area contributed by atoms with Gasteiger partial charge in [-0.1, -0.05) is 48.5 Å². The molecule has 0 atom stereocenters. The fourth-order valence-corrected chi connectivity index (χ4v) is 2.33. The van der Waals surface area contributed by atoms with Crippen LogP contribution in [0.25, 0.3) is 0 Å². The van der Waals surface area contributed by atoms with Gasteiger partial charge in [0.25, 0.3) is 0 Å². The Bertz CT molecular complexity index is 636. The van der Waals surface area contributed by atoms with Crippen LogP contribution in [0.3, 0.4) is 0 Å². The highest BCUT2D eigenvalue weighted by Crippen LogP contribution is 2.13. The summed E-state index contributed by atoms with van der Waals surface area (Å²) in [7, 11) is 0. The highest BCUT2D eigenvalue weighted by molar-refractivity contribution is 4.82.